The van der Waals surface area contributed by atoms with E-state index in [0.717, 1.165) is 27.9 Å². The Morgan fingerprint density at radius 2 is 2.00 bits per heavy atom. The Bertz CT molecular complexity index is 817. The molecule has 0 saturated carbocycles. The van der Waals surface area contributed by atoms with Gasteiger partial charge in [-0.25, -0.2) is 0 Å². The summed E-state index contributed by atoms with van der Waals surface area (Å²) in [5.74, 6) is -0.873. The van der Waals surface area contributed by atoms with Crippen LogP contribution < -0.4 is 10.6 Å². The maximum Gasteiger partial charge on any atom is 0.234 e. The standard InChI is InChI=1S/C19H19ClN2O2/c1-11-10-12(6-8-16(11)21-2)13-4-3-5-14(18(13)20)15-7-9-17(23)22-19(15)24/h3-6,8,10,15,21H,7,9H2,1-2H3,(H,22,23,24). The summed E-state index contributed by atoms with van der Waals surface area (Å²) in [7, 11) is 1.89. The van der Waals surface area contributed by atoms with Crippen LogP contribution >= 0.6 is 11.6 Å². The minimum atomic E-state index is -0.382. The zero-order valence-corrected chi connectivity index (χ0v) is 14.4. The quantitative estimate of drug-likeness (QED) is 0.832. The van der Waals surface area contributed by atoms with E-state index in [4.69, 9.17) is 11.6 Å². The van der Waals surface area contributed by atoms with E-state index in [1.54, 1.807) is 0 Å². The van der Waals surface area contributed by atoms with Gasteiger partial charge in [0.1, 0.15) is 0 Å². The minimum Gasteiger partial charge on any atom is -0.388 e. The highest BCUT2D eigenvalue weighted by Crippen LogP contribution is 2.37. The normalized spacial score (nSPS) is 17.5. The van der Waals surface area contributed by atoms with Crippen LogP contribution in [-0.2, 0) is 9.59 Å². The number of piperidine rings is 1. The third-order valence-electron chi connectivity index (χ3n) is 4.45. The van der Waals surface area contributed by atoms with Gasteiger partial charge in [-0.05, 0) is 42.2 Å². The van der Waals surface area contributed by atoms with Gasteiger partial charge in [0.15, 0.2) is 0 Å². The van der Waals surface area contributed by atoms with Crippen molar-refractivity contribution in [1.29, 1.82) is 0 Å². The lowest BCUT2D eigenvalue weighted by atomic mass is 9.88. The van der Waals surface area contributed by atoms with Crippen molar-refractivity contribution in [2.45, 2.75) is 25.7 Å². The molecule has 2 aromatic rings. The number of nitrogens with one attached hydrogen (secondary N) is 2. The summed E-state index contributed by atoms with van der Waals surface area (Å²) in [6.07, 6.45) is 0.832. The van der Waals surface area contributed by atoms with E-state index in [-0.39, 0.29) is 17.7 Å². The molecular weight excluding hydrogens is 324 g/mol. The van der Waals surface area contributed by atoms with Crippen LogP contribution in [0, 0.1) is 6.92 Å². The predicted molar refractivity (Wildman–Crippen MR) is 96.3 cm³/mol. The number of benzene rings is 2. The Kier molecular flexibility index (Phi) is 4.58. The summed E-state index contributed by atoms with van der Waals surface area (Å²) in [6, 6.07) is 11.8. The van der Waals surface area contributed by atoms with Gasteiger partial charge in [-0.1, -0.05) is 35.9 Å². The fraction of sp³-hybridized carbons (Fsp3) is 0.263. The number of carbonyl (C=O) groups excluding carboxylic acids is 2. The van der Waals surface area contributed by atoms with Crippen molar-refractivity contribution in [3.05, 3.63) is 52.5 Å². The zero-order chi connectivity index (χ0) is 17.3. The average molecular weight is 343 g/mol. The van der Waals surface area contributed by atoms with Gasteiger partial charge in [-0.3, -0.25) is 14.9 Å². The number of hydrogen-bond donors (Lipinski definition) is 2. The molecule has 2 amide bonds. The van der Waals surface area contributed by atoms with Gasteiger partial charge < -0.3 is 5.32 Å². The molecule has 1 fully saturated rings. The molecular formula is C19H19ClN2O2. The van der Waals surface area contributed by atoms with Crippen molar-refractivity contribution < 1.29 is 9.59 Å². The first-order chi connectivity index (χ1) is 11.5. The maximum absolute atomic E-state index is 12.1. The number of halogens is 1. The lowest BCUT2D eigenvalue weighted by molar-refractivity contribution is -0.134. The first-order valence-electron chi connectivity index (χ1n) is 7.92. The van der Waals surface area contributed by atoms with E-state index in [0.29, 0.717) is 17.9 Å². The van der Waals surface area contributed by atoms with Crippen LogP contribution in [0.15, 0.2) is 36.4 Å². The molecule has 3 rings (SSSR count). The number of rotatable bonds is 3. The molecule has 5 heteroatoms. The van der Waals surface area contributed by atoms with Gasteiger partial charge in [0.05, 0.1) is 10.9 Å². The molecule has 0 radical (unpaired) electrons. The average Bonchev–Trinajstić information content (AvgIpc) is 2.55. The molecule has 0 aromatic heterocycles. The van der Waals surface area contributed by atoms with Crippen molar-refractivity contribution in [3.8, 4) is 11.1 Å². The fourth-order valence-corrected chi connectivity index (χ4v) is 3.51. The number of amides is 2. The van der Waals surface area contributed by atoms with E-state index >= 15 is 0 Å². The summed E-state index contributed by atoms with van der Waals surface area (Å²) in [5, 5.41) is 6.11. The van der Waals surface area contributed by atoms with Crippen LogP contribution in [0.25, 0.3) is 11.1 Å². The molecule has 4 nitrogen and oxygen atoms in total. The Morgan fingerprint density at radius 1 is 1.21 bits per heavy atom. The highest BCUT2D eigenvalue weighted by molar-refractivity contribution is 6.34. The first-order valence-corrected chi connectivity index (χ1v) is 8.30. The molecule has 2 N–H and O–H groups in total. The zero-order valence-electron chi connectivity index (χ0n) is 13.7. The monoisotopic (exact) mass is 342 g/mol. The second-order valence-electron chi connectivity index (χ2n) is 5.99. The third-order valence-corrected chi connectivity index (χ3v) is 4.87. The van der Waals surface area contributed by atoms with Gasteiger partial charge in [0.25, 0.3) is 0 Å². The Morgan fingerprint density at radius 3 is 2.67 bits per heavy atom. The summed E-state index contributed by atoms with van der Waals surface area (Å²) in [6.45, 7) is 2.04. The van der Waals surface area contributed by atoms with Crippen molar-refractivity contribution >= 4 is 29.1 Å². The molecule has 1 atom stereocenters. The highest BCUT2D eigenvalue weighted by atomic mass is 35.5. The van der Waals surface area contributed by atoms with Gasteiger partial charge >= 0.3 is 0 Å². The minimum absolute atomic E-state index is 0.221. The van der Waals surface area contributed by atoms with E-state index < -0.39 is 0 Å². The van der Waals surface area contributed by atoms with Crippen molar-refractivity contribution in [2.24, 2.45) is 0 Å². The number of anilines is 1. The van der Waals surface area contributed by atoms with Crippen LogP contribution in [0.5, 0.6) is 0 Å². The molecule has 2 aromatic carbocycles. The number of imide groups is 1. The molecule has 0 spiro atoms. The molecule has 1 aliphatic rings. The van der Waals surface area contributed by atoms with Crippen LogP contribution in [0.3, 0.4) is 0 Å². The second kappa shape index (κ2) is 6.65. The fourth-order valence-electron chi connectivity index (χ4n) is 3.14. The lowest BCUT2D eigenvalue weighted by Crippen LogP contribution is -2.39. The van der Waals surface area contributed by atoms with Gasteiger partial charge in [0.2, 0.25) is 11.8 Å². The Balaban J connectivity index is 2.01. The number of carbonyl (C=O) groups is 2. The number of aryl methyl sites for hydroxylation is 1. The molecule has 1 heterocycles. The van der Waals surface area contributed by atoms with Crippen molar-refractivity contribution in [1.82, 2.24) is 5.32 Å². The lowest BCUT2D eigenvalue weighted by Gasteiger charge is -2.23. The summed E-state index contributed by atoms with van der Waals surface area (Å²) >= 11 is 6.62. The molecule has 0 bridgehead atoms. The topological polar surface area (TPSA) is 58.2 Å². The Hall–Kier alpha value is -2.33. The van der Waals surface area contributed by atoms with Gasteiger partial charge in [-0.2, -0.15) is 0 Å². The predicted octanol–water partition coefficient (Wildman–Crippen LogP) is 3.88. The molecule has 1 aliphatic heterocycles. The first kappa shape index (κ1) is 16.5. The van der Waals surface area contributed by atoms with E-state index in [9.17, 15) is 9.59 Å². The van der Waals surface area contributed by atoms with E-state index in [1.165, 1.54) is 0 Å². The largest absolute Gasteiger partial charge is 0.388 e. The van der Waals surface area contributed by atoms with Crippen molar-refractivity contribution in [3.63, 3.8) is 0 Å². The molecule has 124 valence electrons. The molecule has 0 aliphatic carbocycles. The second-order valence-corrected chi connectivity index (χ2v) is 6.37. The molecule has 24 heavy (non-hydrogen) atoms. The van der Waals surface area contributed by atoms with Crippen LogP contribution in [0.4, 0.5) is 5.69 Å². The third kappa shape index (κ3) is 3.02. The number of hydrogen-bond acceptors (Lipinski definition) is 3. The van der Waals surface area contributed by atoms with Crippen LogP contribution in [0.2, 0.25) is 5.02 Å². The summed E-state index contributed by atoms with van der Waals surface area (Å²) in [4.78, 5) is 23.5. The summed E-state index contributed by atoms with van der Waals surface area (Å²) < 4.78 is 0. The Labute approximate surface area is 146 Å². The van der Waals surface area contributed by atoms with Gasteiger partial charge in [0, 0.05) is 24.7 Å². The van der Waals surface area contributed by atoms with E-state index in [1.807, 2.05) is 44.3 Å². The van der Waals surface area contributed by atoms with Crippen molar-refractivity contribution in [2.75, 3.05) is 12.4 Å². The molecule has 1 saturated heterocycles. The smallest absolute Gasteiger partial charge is 0.234 e. The summed E-state index contributed by atoms with van der Waals surface area (Å²) in [5.41, 5.74) is 4.86. The maximum atomic E-state index is 12.1. The van der Waals surface area contributed by atoms with Crippen LogP contribution in [0.1, 0.15) is 29.9 Å². The van der Waals surface area contributed by atoms with E-state index in [2.05, 4.69) is 16.7 Å². The SMILES string of the molecule is CNc1ccc(-c2cccc(C3CCC(=O)NC3=O)c2Cl)cc1C. The van der Waals surface area contributed by atoms with Crippen LogP contribution in [-0.4, -0.2) is 18.9 Å². The highest BCUT2D eigenvalue weighted by Gasteiger charge is 2.30. The van der Waals surface area contributed by atoms with Gasteiger partial charge in [-0.15, -0.1) is 0 Å². The molecule has 1 unspecified atom stereocenters.